The zero-order valence-corrected chi connectivity index (χ0v) is 12.8. The summed E-state index contributed by atoms with van der Waals surface area (Å²) in [5.74, 6) is -1.83. The number of amidine groups is 1. The molecular formula is C15H13N5O5. The lowest BCUT2D eigenvalue weighted by Gasteiger charge is -2.20. The maximum Gasteiger partial charge on any atom is 0.437 e. The molecule has 0 radical (unpaired) electrons. The first-order valence-electron chi connectivity index (χ1n) is 7.23. The fourth-order valence-electron chi connectivity index (χ4n) is 2.21. The van der Waals surface area contributed by atoms with Gasteiger partial charge < -0.3 is 14.7 Å². The van der Waals surface area contributed by atoms with E-state index >= 15 is 0 Å². The Morgan fingerprint density at radius 2 is 2.08 bits per heavy atom. The molecule has 0 saturated carbocycles. The molecule has 1 aromatic rings. The van der Waals surface area contributed by atoms with Gasteiger partial charge in [-0.2, -0.15) is 4.99 Å². The van der Waals surface area contributed by atoms with Gasteiger partial charge in [0.15, 0.2) is 6.04 Å². The maximum absolute atomic E-state index is 12.0. The van der Waals surface area contributed by atoms with Gasteiger partial charge in [-0.15, -0.1) is 4.99 Å². The van der Waals surface area contributed by atoms with Crippen molar-refractivity contribution < 1.29 is 24.2 Å². The number of carbonyl (C=O) groups is 3. The van der Waals surface area contributed by atoms with Crippen LogP contribution < -0.4 is 5.32 Å². The minimum atomic E-state index is -1.11. The molecule has 2 aliphatic heterocycles. The summed E-state index contributed by atoms with van der Waals surface area (Å²) in [5, 5.41) is 11.2. The number of guanidine groups is 1. The number of aliphatic carboxylic acids is 1. The fraction of sp³-hybridized carbons (Fsp3) is 0.200. The van der Waals surface area contributed by atoms with Crippen molar-refractivity contribution in [2.45, 2.75) is 12.6 Å². The quantitative estimate of drug-likeness (QED) is 0.791. The Labute approximate surface area is 141 Å². The molecule has 1 atom stereocenters. The summed E-state index contributed by atoms with van der Waals surface area (Å²) in [6.07, 6.45) is 0.291. The number of benzene rings is 1. The van der Waals surface area contributed by atoms with E-state index in [9.17, 15) is 14.4 Å². The molecule has 0 fully saturated rings. The van der Waals surface area contributed by atoms with Crippen LogP contribution in [0.2, 0.25) is 0 Å². The second-order valence-electron chi connectivity index (χ2n) is 5.12. The molecule has 3 rings (SSSR count). The molecule has 0 spiro atoms. The summed E-state index contributed by atoms with van der Waals surface area (Å²) in [5.41, 5.74) is 0.784. The lowest BCUT2D eigenvalue weighted by Crippen LogP contribution is -2.49. The summed E-state index contributed by atoms with van der Waals surface area (Å²) < 4.78 is 4.98. The summed E-state index contributed by atoms with van der Waals surface area (Å²) in [6.45, 7) is -0.379. The predicted molar refractivity (Wildman–Crippen MR) is 86.3 cm³/mol. The maximum atomic E-state index is 12.0. The molecule has 0 saturated heterocycles. The predicted octanol–water partition coefficient (Wildman–Crippen LogP) is 0.00460. The van der Waals surface area contributed by atoms with E-state index in [1.807, 2.05) is 6.07 Å². The van der Waals surface area contributed by atoms with Gasteiger partial charge in [0.1, 0.15) is 19.0 Å². The van der Waals surface area contributed by atoms with E-state index in [0.717, 1.165) is 5.56 Å². The molecule has 0 bridgehead atoms. The van der Waals surface area contributed by atoms with Crippen molar-refractivity contribution in [1.29, 1.82) is 0 Å². The Bertz CT molecular complexity index is 802. The summed E-state index contributed by atoms with van der Waals surface area (Å²) in [4.78, 5) is 47.2. The largest absolute Gasteiger partial charge is 0.480 e. The van der Waals surface area contributed by atoms with Crippen molar-refractivity contribution >= 4 is 36.1 Å². The van der Waals surface area contributed by atoms with E-state index < -0.39 is 30.6 Å². The molecule has 10 nitrogen and oxygen atoms in total. The topological polar surface area (TPSA) is 133 Å². The highest BCUT2D eigenvalue weighted by Crippen LogP contribution is 2.12. The Morgan fingerprint density at radius 1 is 1.32 bits per heavy atom. The third kappa shape index (κ3) is 3.86. The fourth-order valence-corrected chi connectivity index (χ4v) is 2.21. The number of carboxylic acid groups (broad SMARTS) is 1. The van der Waals surface area contributed by atoms with Crippen LogP contribution in [0, 0.1) is 0 Å². The average Bonchev–Trinajstić information content (AvgIpc) is 2.97. The van der Waals surface area contributed by atoms with Crippen molar-refractivity contribution in [2.24, 2.45) is 15.0 Å². The van der Waals surface area contributed by atoms with Crippen LogP contribution in [-0.4, -0.2) is 58.7 Å². The van der Waals surface area contributed by atoms with Crippen molar-refractivity contribution in [3.05, 3.63) is 35.9 Å². The molecule has 2 N–H and O–H groups in total. The highest BCUT2D eigenvalue weighted by Gasteiger charge is 2.37. The molecule has 2 aliphatic rings. The monoisotopic (exact) mass is 343 g/mol. The van der Waals surface area contributed by atoms with Crippen molar-refractivity contribution in [3.63, 3.8) is 0 Å². The van der Waals surface area contributed by atoms with Crippen molar-refractivity contribution in [3.8, 4) is 0 Å². The van der Waals surface area contributed by atoms with Gasteiger partial charge in [-0.1, -0.05) is 30.3 Å². The second-order valence-corrected chi connectivity index (χ2v) is 5.12. The summed E-state index contributed by atoms with van der Waals surface area (Å²) in [6, 6.07) is 8.07. The number of amides is 2. The third-order valence-corrected chi connectivity index (χ3v) is 3.31. The minimum absolute atomic E-state index is 0.0256. The van der Waals surface area contributed by atoms with Crippen LogP contribution in [0.5, 0.6) is 0 Å². The zero-order valence-electron chi connectivity index (χ0n) is 12.8. The van der Waals surface area contributed by atoms with E-state index in [0.29, 0.717) is 0 Å². The van der Waals surface area contributed by atoms with Crippen LogP contribution in [0.1, 0.15) is 5.56 Å². The molecule has 128 valence electrons. The van der Waals surface area contributed by atoms with Gasteiger partial charge >= 0.3 is 12.1 Å². The molecular weight excluding hydrogens is 330 g/mol. The number of hydrogen-bond acceptors (Lipinski definition) is 6. The Morgan fingerprint density at radius 3 is 2.80 bits per heavy atom. The molecule has 10 heteroatoms. The second kappa shape index (κ2) is 6.91. The number of rotatable bonds is 4. The number of nitrogens with one attached hydrogen (secondary N) is 1. The number of nitrogens with zero attached hydrogens (tertiary/aromatic N) is 4. The SMILES string of the molecule is O=C(O)CN1C=NC2C(=O)N/C(=N\C(=O)OCc3ccccc3)N=C21. The first kappa shape index (κ1) is 16.3. The smallest absolute Gasteiger partial charge is 0.437 e. The van der Waals surface area contributed by atoms with Crippen LogP contribution >= 0.6 is 0 Å². The Hall–Kier alpha value is -3.56. The minimum Gasteiger partial charge on any atom is -0.480 e. The van der Waals surface area contributed by atoms with Crippen LogP contribution in [0.4, 0.5) is 4.79 Å². The number of fused-ring (bicyclic) bond motifs is 1. The standard InChI is InChI=1S/C15H13N5O5/c21-10(22)6-20-8-16-11-12(20)17-14(18-13(11)23)19-15(24)25-7-9-4-2-1-3-5-9/h1-5,8,11H,6-7H2,(H,21,22)(H,18,19,23,24). The Balaban J connectivity index is 1.70. The number of carbonyl (C=O) groups excluding carboxylic acids is 2. The lowest BCUT2D eigenvalue weighted by molar-refractivity contribution is -0.136. The molecule has 2 heterocycles. The van der Waals surface area contributed by atoms with Gasteiger partial charge in [0, 0.05) is 0 Å². The normalized spacial score (nSPS) is 20.1. The molecule has 0 aromatic heterocycles. The van der Waals surface area contributed by atoms with E-state index in [2.05, 4.69) is 20.3 Å². The summed E-state index contributed by atoms with van der Waals surface area (Å²) >= 11 is 0. The van der Waals surface area contributed by atoms with Crippen LogP contribution in [0.3, 0.4) is 0 Å². The lowest BCUT2D eigenvalue weighted by atomic mass is 10.2. The van der Waals surface area contributed by atoms with E-state index in [1.54, 1.807) is 24.3 Å². The third-order valence-electron chi connectivity index (χ3n) is 3.31. The molecule has 25 heavy (non-hydrogen) atoms. The zero-order chi connectivity index (χ0) is 17.8. The van der Waals surface area contributed by atoms with Gasteiger partial charge in [0.2, 0.25) is 5.96 Å². The van der Waals surface area contributed by atoms with E-state index in [-0.39, 0.29) is 18.4 Å². The van der Waals surface area contributed by atoms with Crippen molar-refractivity contribution in [2.75, 3.05) is 6.54 Å². The van der Waals surface area contributed by atoms with Gasteiger partial charge in [0.05, 0.1) is 6.34 Å². The average molecular weight is 343 g/mol. The van der Waals surface area contributed by atoms with Gasteiger partial charge in [0.25, 0.3) is 5.91 Å². The highest BCUT2D eigenvalue weighted by molar-refractivity contribution is 6.24. The van der Waals surface area contributed by atoms with Crippen LogP contribution in [-0.2, 0) is 20.9 Å². The summed E-state index contributed by atoms with van der Waals surface area (Å²) in [7, 11) is 0. The number of hydrogen-bond donors (Lipinski definition) is 2. The van der Waals surface area contributed by atoms with Crippen LogP contribution in [0.25, 0.3) is 0 Å². The van der Waals surface area contributed by atoms with Gasteiger partial charge in [-0.25, -0.2) is 4.79 Å². The van der Waals surface area contributed by atoms with Gasteiger partial charge in [-0.05, 0) is 5.56 Å². The Kier molecular flexibility index (Phi) is 4.50. The van der Waals surface area contributed by atoms with E-state index in [4.69, 9.17) is 9.84 Å². The van der Waals surface area contributed by atoms with Crippen LogP contribution in [0.15, 0.2) is 45.3 Å². The highest BCUT2D eigenvalue weighted by atomic mass is 16.5. The molecule has 2 amide bonds. The number of ether oxygens (including phenoxy) is 1. The van der Waals surface area contributed by atoms with Gasteiger partial charge in [-0.3, -0.25) is 19.9 Å². The molecule has 1 aromatic carbocycles. The number of aliphatic imine (C=N–C) groups is 3. The first-order chi connectivity index (χ1) is 12.0. The molecule has 0 aliphatic carbocycles. The first-order valence-corrected chi connectivity index (χ1v) is 7.23. The van der Waals surface area contributed by atoms with Crippen molar-refractivity contribution in [1.82, 2.24) is 10.2 Å². The van der Waals surface area contributed by atoms with E-state index in [1.165, 1.54) is 11.2 Å². The number of carboxylic acids is 1. The molecule has 1 unspecified atom stereocenters.